The molecule has 1 aromatic carbocycles. The summed E-state index contributed by atoms with van der Waals surface area (Å²) in [6, 6.07) is 10.1. The highest BCUT2D eigenvalue weighted by molar-refractivity contribution is 5.89. The molecular formula is C17H24N4O. The van der Waals surface area contributed by atoms with Gasteiger partial charge >= 0.3 is 6.03 Å². The Labute approximate surface area is 132 Å². The van der Waals surface area contributed by atoms with Crippen molar-refractivity contribution in [1.82, 2.24) is 9.80 Å². The highest BCUT2D eigenvalue weighted by Crippen LogP contribution is 2.18. The lowest BCUT2D eigenvalue weighted by atomic mass is 10.0. The van der Waals surface area contributed by atoms with E-state index in [1.165, 1.54) is 0 Å². The van der Waals surface area contributed by atoms with E-state index >= 15 is 0 Å². The zero-order valence-corrected chi connectivity index (χ0v) is 13.5. The van der Waals surface area contributed by atoms with Crippen LogP contribution in [-0.2, 0) is 0 Å². The summed E-state index contributed by atoms with van der Waals surface area (Å²) in [6.07, 6.45) is 2.00. The van der Waals surface area contributed by atoms with Crippen molar-refractivity contribution in [2.75, 3.05) is 25.5 Å². The van der Waals surface area contributed by atoms with E-state index in [0.29, 0.717) is 23.3 Å². The number of nitrogens with zero attached hydrogens (tertiary/aromatic N) is 3. The Bertz CT molecular complexity index is 556. The van der Waals surface area contributed by atoms with Crippen LogP contribution in [0.2, 0.25) is 0 Å². The van der Waals surface area contributed by atoms with Crippen LogP contribution in [-0.4, -0.2) is 48.1 Å². The second-order valence-corrected chi connectivity index (χ2v) is 6.10. The molecule has 1 aliphatic heterocycles. The average Bonchev–Trinajstić information content (AvgIpc) is 2.54. The number of carbonyl (C=O) groups is 1. The highest BCUT2D eigenvalue weighted by atomic mass is 16.2. The molecule has 1 aromatic rings. The molecule has 0 aromatic heterocycles. The molecule has 1 heterocycles. The van der Waals surface area contributed by atoms with Gasteiger partial charge in [0.2, 0.25) is 0 Å². The Morgan fingerprint density at radius 3 is 2.68 bits per heavy atom. The molecule has 0 atom stereocenters. The summed E-state index contributed by atoms with van der Waals surface area (Å²) in [5, 5.41) is 11.8. The number of amides is 2. The minimum absolute atomic E-state index is 0.0826. The van der Waals surface area contributed by atoms with Crippen LogP contribution in [0, 0.1) is 11.3 Å². The van der Waals surface area contributed by atoms with E-state index in [1.54, 1.807) is 24.3 Å². The van der Waals surface area contributed by atoms with Crippen molar-refractivity contribution in [2.45, 2.75) is 38.8 Å². The number of benzene rings is 1. The third-order valence-electron chi connectivity index (χ3n) is 4.39. The molecule has 22 heavy (non-hydrogen) atoms. The van der Waals surface area contributed by atoms with Gasteiger partial charge in [-0.25, -0.2) is 4.79 Å². The molecule has 0 bridgehead atoms. The van der Waals surface area contributed by atoms with Gasteiger partial charge in [0.05, 0.1) is 11.6 Å². The maximum absolute atomic E-state index is 12.3. The van der Waals surface area contributed by atoms with E-state index in [1.807, 2.05) is 4.90 Å². The molecule has 0 spiro atoms. The second-order valence-electron chi connectivity index (χ2n) is 6.10. The topological polar surface area (TPSA) is 59.4 Å². The molecule has 1 aliphatic rings. The summed E-state index contributed by atoms with van der Waals surface area (Å²) in [5.74, 6) is 0. The minimum Gasteiger partial charge on any atom is -0.324 e. The zero-order chi connectivity index (χ0) is 16.1. The third-order valence-corrected chi connectivity index (χ3v) is 4.39. The fourth-order valence-corrected chi connectivity index (χ4v) is 2.77. The number of nitrogens with one attached hydrogen (secondary N) is 1. The summed E-state index contributed by atoms with van der Waals surface area (Å²) >= 11 is 0. The van der Waals surface area contributed by atoms with Gasteiger partial charge in [0, 0.05) is 30.9 Å². The van der Waals surface area contributed by atoms with Crippen molar-refractivity contribution >= 4 is 11.7 Å². The quantitative estimate of drug-likeness (QED) is 0.933. The van der Waals surface area contributed by atoms with Gasteiger partial charge in [-0.3, -0.25) is 0 Å². The van der Waals surface area contributed by atoms with Gasteiger partial charge in [0.1, 0.15) is 0 Å². The van der Waals surface area contributed by atoms with Crippen LogP contribution in [0.15, 0.2) is 24.3 Å². The minimum atomic E-state index is -0.0826. The first-order valence-corrected chi connectivity index (χ1v) is 7.79. The maximum Gasteiger partial charge on any atom is 0.321 e. The standard InChI is InChI=1S/C17H24N4O/c1-13(2)20(3)16-7-9-21(10-8-16)17(22)19-15-6-4-5-14(11-15)12-18/h4-6,11,13,16H,7-10H2,1-3H3,(H,19,22). The Hall–Kier alpha value is -2.06. The van der Waals surface area contributed by atoms with Gasteiger partial charge < -0.3 is 15.1 Å². The van der Waals surface area contributed by atoms with Gasteiger partial charge in [0.25, 0.3) is 0 Å². The summed E-state index contributed by atoms with van der Waals surface area (Å²) in [6.45, 7) is 5.93. The normalized spacial score (nSPS) is 15.9. The lowest BCUT2D eigenvalue weighted by molar-refractivity contribution is 0.120. The van der Waals surface area contributed by atoms with Crippen LogP contribution in [0.1, 0.15) is 32.3 Å². The van der Waals surface area contributed by atoms with Crippen LogP contribution in [0.5, 0.6) is 0 Å². The van der Waals surface area contributed by atoms with E-state index in [2.05, 4.69) is 37.2 Å². The first-order valence-electron chi connectivity index (χ1n) is 7.79. The Morgan fingerprint density at radius 2 is 2.09 bits per heavy atom. The summed E-state index contributed by atoms with van der Waals surface area (Å²) in [7, 11) is 2.15. The van der Waals surface area contributed by atoms with Crippen LogP contribution in [0.3, 0.4) is 0 Å². The highest BCUT2D eigenvalue weighted by Gasteiger charge is 2.26. The fourth-order valence-electron chi connectivity index (χ4n) is 2.77. The van der Waals surface area contributed by atoms with Crippen LogP contribution in [0.4, 0.5) is 10.5 Å². The van der Waals surface area contributed by atoms with E-state index in [-0.39, 0.29) is 6.03 Å². The summed E-state index contributed by atoms with van der Waals surface area (Å²) in [4.78, 5) is 16.5. The molecule has 0 aliphatic carbocycles. The van der Waals surface area contributed by atoms with E-state index < -0.39 is 0 Å². The van der Waals surface area contributed by atoms with E-state index in [9.17, 15) is 4.79 Å². The van der Waals surface area contributed by atoms with Gasteiger partial charge in [-0.05, 0) is 51.9 Å². The van der Waals surface area contributed by atoms with Crippen LogP contribution in [0.25, 0.3) is 0 Å². The number of likely N-dealkylation sites (tertiary alicyclic amines) is 1. The average molecular weight is 300 g/mol. The SMILES string of the molecule is CC(C)N(C)C1CCN(C(=O)Nc2cccc(C#N)c2)CC1. The molecule has 1 N–H and O–H groups in total. The molecule has 0 radical (unpaired) electrons. The number of carbonyl (C=O) groups excluding carboxylic acids is 1. The molecule has 0 saturated carbocycles. The Balaban J connectivity index is 1.88. The molecule has 1 fully saturated rings. The molecule has 2 amide bonds. The molecule has 0 unspecified atom stereocenters. The number of anilines is 1. The molecule has 5 heteroatoms. The Morgan fingerprint density at radius 1 is 1.41 bits per heavy atom. The first-order chi connectivity index (χ1) is 10.5. The smallest absolute Gasteiger partial charge is 0.321 e. The number of hydrogen-bond donors (Lipinski definition) is 1. The number of piperidine rings is 1. The number of hydrogen-bond acceptors (Lipinski definition) is 3. The second kappa shape index (κ2) is 7.28. The maximum atomic E-state index is 12.3. The predicted molar refractivity (Wildman–Crippen MR) is 87.7 cm³/mol. The third kappa shape index (κ3) is 3.99. The van der Waals surface area contributed by atoms with Gasteiger partial charge in [-0.15, -0.1) is 0 Å². The lowest BCUT2D eigenvalue weighted by Gasteiger charge is -2.38. The van der Waals surface area contributed by atoms with Crippen LogP contribution >= 0.6 is 0 Å². The summed E-state index contributed by atoms with van der Waals surface area (Å²) in [5.41, 5.74) is 1.22. The van der Waals surface area contributed by atoms with Gasteiger partial charge in [-0.1, -0.05) is 6.07 Å². The number of rotatable bonds is 3. The first kappa shape index (κ1) is 16.3. The van der Waals surface area contributed by atoms with Crippen molar-refractivity contribution in [3.8, 4) is 6.07 Å². The summed E-state index contributed by atoms with van der Waals surface area (Å²) < 4.78 is 0. The molecular weight excluding hydrogens is 276 g/mol. The van der Waals surface area contributed by atoms with Gasteiger partial charge in [0.15, 0.2) is 0 Å². The zero-order valence-electron chi connectivity index (χ0n) is 13.5. The van der Waals surface area contributed by atoms with Crippen molar-refractivity contribution in [2.24, 2.45) is 0 Å². The molecule has 5 nitrogen and oxygen atoms in total. The largest absolute Gasteiger partial charge is 0.324 e. The monoisotopic (exact) mass is 300 g/mol. The van der Waals surface area contributed by atoms with Crippen LogP contribution < -0.4 is 5.32 Å². The molecule has 2 rings (SSSR count). The van der Waals surface area contributed by atoms with E-state index in [0.717, 1.165) is 25.9 Å². The van der Waals surface area contributed by atoms with Crippen molar-refractivity contribution in [3.05, 3.63) is 29.8 Å². The van der Waals surface area contributed by atoms with Crippen molar-refractivity contribution < 1.29 is 4.79 Å². The van der Waals surface area contributed by atoms with Gasteiger partial charge in [-0.2, -0.15) is 5.26 Å². The van der Waals surface area contributed by atoms with Crippen molar-refractivity contribution in [3.63, 3.8) is 0 Å². The molecule has 118 valence electrons. The predicted octanol–water partition coefficient (Wildman–Crippen LogP) is 2.89. The number of urea groups is 1. The molecule has 1 saturated heterocycles. The Kier molecular flexibility index (Phi) is 5.40. The number of nitriles is 1. The lowest BCUT2D eigenvalue weighted by Crippen LogP contribution is -2.48. The van der Waals surface area contributed by atoms with Crippen molar-refractivity contribution in [1.29, 1.82) is 5.26 Å². The fraction of sp³-hybridized carbons (Fsp3) is 0.529. The van der Waals surface area contributed by atoms with E-state index in [4.69, 9.17) is 5.26 Å².